The zero-order chi connectivity index (χ0) is 10.1. The van der Waals surface area contributed by atoms with Gasteiger partial charge in [-0.15, -0.1) is 11.3 Å². The maximum atomic E-state index is 10.9. The number of fused-ring (bicyclic) bond motifs is 1. The first-order valence-corrected chi connectivity index (χ1v) is 5.53. The monoisotopic (exact) mass is 211 g/mol. The summed E-state index contributed by atoms with van der Waals surface area (Å²) in [6.45, 7) is 5.13. The van der Waals surface area contributed by atoms with Crippen LogP contribution in [0, 0.1) is 0 Å². The summed E-state index contributed by atoms with van der Waals surface area (Å²) in [4.78, 5) is 18.7. The number of carbonyl (C=O) groups excluding carboxylic acids is 1. The number of thiazole rings is 1. The summed E-state index contributed by atoms with van der Waals surface area (Å²) in [6.07, 6.45) is 0.937. The Bertz CT molecular complexity index is 361. The second-order valence-electron chi connectivity index (χ2n) is 3.37. The third-order valence-electron chi connectivity index (χ3n) is 2.47. The smallest absolute Gasteiger partial charge is 0.277 e. The molecule has 0 bridgehead atoms. The predicted octanol–water partition coefficient (Wildman–Crippen LogP) is 0.620. The van der Waals surface area contributed by atoms with Crippen molar-refractivity contribution in [3.8, 4) is 0 Å². The number of nitrogens with zero attached hydrogens (tertiary/aromatic N) is 2. The summed E-state index contributed by atoms with van der Waals surface area (Å²) in [5, 5.41) is 0.452. The second-order valence-corrected chi connectivity index (χ2v) is 4.46. The summed E-state index contributed by atoms with van der Waals surface area (Å²) < 4.78 is 0. The molecule has 0 atom stereocenters. The molecule has 76 valence electrons. The van der Waals surface area contributed by atoms with E-state index in [1.165, 1.54) is 16.2 Å². The molecule has 5 heteroatoms. The van der Waals surface area contributed by atoms with Gasteiger partial charge in [0, 0.05) is 24.4 Å². The normalized spacial score (nSPS) is 16.6. The topological polar surface area (TPSA) is 59.2 Å². The Balaban J connectivity index is 2.25. The molecule has 0 spiro atoms. The number of hydrogen-bond acceptors (Lipinski definition) is 4. The molecule has 1 aromatic heterocycles. The summed E-state index contributed by atoms with van der Waals surface area (Å²) >= 11 is 1.44. The van der Waals surface area contributed by atoms with E-state index in [2.05, 4.69) is 16.8 Å². The van der Waals surface area contributed by atoms with Crippen LogP contribution in [0.1, 0.15) is 27.3 Å². The van der Waals surface area contributed by atoms with Gasteiger partial charge in [0.25, 0.3) is 5.91 Å². The van der Waals surface area contributed by atoms with Gasteiger partial charge in [-0.05, 0) is 6.54 Å². The van der Waals surface area contributed by atoms with Gasteiger partial charge >= 0.3 is 0 Å². The molecule has 0 saturated heterocycles. The van der Waals surface area contributed by atoms with Crippen LogP contribution in [0.3, 0.4) is 0 Å². The molecule has 14 heavy (non-hydrogen) atoms. The van der Waals surface area contributed by atoms with E-state index in [9.17, 15) is 4.79 Å². The van der Waals surface area contributed by atoms with Crippen LogP contribution >= 0.6 is 11.3 Å². The van der Waals surface area contributed by atoms with Crippen molar-refractivity contribution in [3.05, 3.63) is 15.6 Å². The Morgan fingerprint density at radius 2 is 2.50 bits per heavy atom. The molecular formula is C9H13N3OS. The molecule has 1 amide bonds. The average Bonchev–Trinajstić information content (AvgIpc) is 2.59. The third kappa shape index (κ3) is 1.65. The van der Waals surface area contributed by atoms with Gasteiger partial charge in [-0.25, -0.2) is 4.98 Å². The average molecular weight is 211 g/mol. The quantitative estimate of drug-likeness (QED) is 0.780. The fraction of sp³-hybridized carbons (Fsp3) is 0.556. The molecule has 1 aromatic rings. The number of primary amides is 1. The van der Waals surface area contributed by atoms with Gasteiger partial charge in [0.2, 0.25) is 0 Å². The first kappa shape index (κ1) is 9.61. The Morgan fingerprint density at radius 3 is 3.14 bits per heavy atom. The highest BCUT2D eigenvalue weighted by Crippen LogP contribution is 2.24. The van der Waals surface area contributed by atoms with Crippen molar-refractivity contribution in [1.82, 2.24) is 9.88 Å². The van der Waals surface area contributed by atoms with Crippen molar-refractivity contribution >= 4 is 17.2 Å². The molecule has 1 aliphatic heterocycles. The molecule has 0 saturated carbocycles. The van der Waals surface area contributed by atoms with Crippen LogP contribution in [0.5, 0.6) is 0 Å². The van der Waals surface area contributed by atoms with E-state index in [0.717, 1.165) is 31.7 Å². The number of carbonyl (C=O) groups is 1. The standard InChI is InChI=1S/C9H13N3OS/c1-2-12-4-3-6-7(5-12)14-9(11-6)8(10)13/h2-5H2,1H3,(H2,10,13). The lowest BCUT2D eigenvalue weighted by molar-refractivity contribution is 0.0999. The van der Waals surface area contributed by atoms with Crippen LogP contribution in [-0.4, -0.2) is 28.9 Å². The highest BCUT2D eigenvalue weighted by atomic mass is 32.1. The van der Waals surface area contributed by atoms with Crippen LogP contribution in [-0.2, 0) is 13.0 Å². The second kappa shape index (κ2) is 3.67. The van der Waals surface area contributed by atoms with Crippen molar-refractivity contribution in [3.63, 3.8) is 0 Å². The molecular weight excluding hydrogens is 198 g/mol. The van der Waals surface area contributed by atoms with E-state index in [4.69, 9.17) is 5.73 Å². The number of likely N-dealkylation sites (N-methyl/N-ethyl adjacent to an activating group) is 1. The van der Waals surface area contributed by atoms with Crippen molar-refractivity contribution in [2.45, 2.75) is 19.9 Å². The lowest BCUT2D eigenvalue weighted by Gasteiger charge is -2.23. The lowest BCUT2D eigenvalue weighted by atomic mass is 10.2. The minimum atomic E-state index is -0.410. The molecule has 0 aromatic carbocycles. The maximum absolute atomic E-state index is 10.9. The number of rotatable bonds is 2. The predicted molar refractivity (Wildman–Crippen MR) is 55.3 cm³/mol. The molecule has 0 unspecified atom stereocenters. The third-order valence-corrected chi connectivity index (χ3v) is 3.57. The van der Waals surface area contributed by atoms with Gasteiger partial charge in [-0.3, -0.25) is 9.69 Å². The number of hydrogen-bond donors (Lipinski definition) is 1. The van der Waals surface area contributed by atoms with E-state index in [1.54, 1.807) is 0 Å². The summed E-state index contributed by atoms with van der Waals surface area (Å²) in [5.74, 6) is -0.410. The molecule has 0 radical (unpaired) electrons. The molecule has 2 N–H and O–H groups in total. The van der Waals surface area contributed by atoms with Crippen molar-refractivity contribution in [2.75, 3.05) is 13.1 Å². The van der Waals surface area contributed by atoms with Crippen molar-refractivity contribution < 1.29 is 4.79 Å². The van der Waals surface area contributed by atoms with Gasteiger partial charge in [0.1, 0.15) is 0 Å². The van der Waals surface area contributed by atoms with E-state index in [0.29, 0.717) is 5.01 Å². The number of nitrogens with two attached hydrogens (primary N) is 1. The first-order valence-electron chi connectivity index (χ1n) is 4.71. The molecule has 4 nitrogen and oxygen atoms in total. The highest BCUT2D eigenvalue weighted by Gasteiger charge is 2.20. The van der Waals surface area contributed by atoms with Crippen LogP contribution in [0.4, 0.5) is 0 Å². The van der Waals surface area contributed by atoms with E-state index < -0.39 is 5.91 Å². The van der Waals surface area contributed by atoms with Gasteiger partial charge in [0.15, 0.2) is 5.01 Å². The summed E-state index contributed by atoms with van der Waals surface area (Å²) in [6, 6.07) is 0. The van der Waals surface area contributed by atoms with Gasteiger partial charge in [0.05, 0.1) is 5.69 Å². The fourth-order valence-corrected chi connectivity index (χ4v) is 2.63. The Labute approximate surface area is 86.7 Å². The van der Waals surface area contributed by atoms with E-state index in [-0.39, 0.29) is 0 Å². The van der Waals surface area contributed by atoms with Crippen LogP contribution in [0.25, 0.3) is 0 Å². The zero-order valence-corrected chi connectivity index (χ0v) is 8.93. The zero-order valence-electron chi connectivity index (χ0n) is 8.12. The molecule has 2 rings (SSSR count). The van der Waals surface area contributed by atoms with Crippen molar-refractivity contribution in [1.29, 1.82) is 0 Å². The van der Waals surface area contributed by atoms with Gasteiger partial charge in [-0.2, -0.15) is 0 Å². The molecule has 0 aliphatic carbocycles. The van der Waals surface area contributed by atoms with Gasteiger partial charge in [-0.1, -0.05) is 6.92 Å². The van der Waals surface area contributed by atoms with Crippen LogP contribution < -0.4 is 5.73 Å². The SMILES string of the molecule is CCN1CCc2nc(C(N)=O)sc2C1. The largest absolute Gasteiger partial charge is 0.364 e. The number of amides is 1. The summed E-state index contributed by atoms with van der Waals surface area (Å²) in [5.41, 5.74) is 6.25. The molecule has 2 heterocycles. The first-order chi connectivity index (χ1) is 6.70. The van der Waals surface area contributed by atoms with Gasteiger partial charge < -0.3 is 5.73 Å². The highest BCUT2D eigenvalue weighted by molar-refractivity contribution is 7.13. The molecule has 1 aliphatic rings. The number of aromatic nitrogens is 1. The fourth-order valence-electron chi connectivity index (χ4n) is 1.62. The van der Waals surface area contributed by atoms with Crippen LogP contribution in [0.15, 0.2) is 0 Å². The Hall–Kier alpha value is -0.940. The minimum Gasteiger partial charge on any atom is -0.364 e. The summed E-state index contributed by atoms with van der Waals surface area (Å²) in [7, 11) is 0. The van der Waals surface area contributed by atoms with Crippen LogP contribution in [0.2, 0.25) is 0 Å². The minimum absolute atomic E-state index is 0.410. The Morgan fingerprint density at radius 1 is 1.71 bits per heavy atom. The maximum Gasteiger partial charge on any atom is 0.277 e. The lowest BCUT2D eigenvalue weighted by Crippen LogP contribution is -2.29. The van der Waals surface area contributed by atoms with E-state index >= 15 is 0 Å². The van der Waals surface area contributed by atoms with Crippen molar-refractivity contribution in [2.24, 2.45) is 5.73 Å². The Kier molecular flexibility index (Phi) is 2.52. The molecule has 0 fully saturated rings. The van der Waals surface area contributed by atoms with E-state index in [1.807, 2.05) is 0 Å².